The molecule has 0 unspecified atom stereocenters. The summed E-state index contributed by atoms with van der Waals surface area (Å²) in [6.07, 6.45) is 2.75. The van der Waals surface area contributed by atoms with Crippen molar-refractivity contribution < 1.29 is 28.2 Å². The molecule has 5 nitrogen and oxygen atoms in total. The zero-order valence-corrected chi connectivity index (χ0v) is 17.5. The molecule has 0 amide bonds. The van der Waals surface area contributed by atoms with Crippen molar-refractivity contribution in [3.05, 3.63) is 94.3 Å². The van der Waals surface area contributed by atoms with Crippen LogP contribution in [-0.4, -0.2) is 26.0 Å². The monoisotopic (exact) mass is 440 g/mol. The number of esters is 1. The van der Waals surface area contributed by atoms with E-state index in [1.807, 2.05) is 0 Å². The lowest BCUT2D eigenvalue weighted by molar-refractivity contribution is 0.0732. The number of hydrogen-bond acceptors (Lipinski definition) is 5. The Hall–Kier alpha value is -3.64. The lowest BCUT2D eigenvalue weighted by Crippen LogP contribution is -2.11. The largest absolute Gasteiger partial charge is 0.493 e. The van der Waals surface area contributed by atoms with E-state index in [0.29, 0.717) is 22.1 Å². The number of ketones is 1. The van der Waals surface area contributed by atoms with Crippen LogP contribution in [0.2, 0.25) is 5.02 Å². The summed E-state index contributed by atoms with van der Waals surface area (Å²) in [5.74, 6) is -1.21. The van der Waals surface area contributed by atoms with E-state index in [0.717, 1.165) is 12.1 Å². The quantitative estimate of drug-likeness (QED) is 0.207. The molecule has 0 aromatic heterocycles. The van der Waals surface area contributed by atoms with Gasteiger partial charge in [0.05, 0.1) is 25.3 Å². The van der Waals surface area contributed by atoms with Crippen LogP contribution in [0.5, 0.6) is 17.2 Å². The number of methoxy groups -OCH3 is 2. The second-order valence-corrected chi connectivity index (χ2v) is 6.73. The number of carbonyl (C=O) groups is 2. The maximum atomic E-state index is 13.8. The summed E-state index contributed by atoms with van der Waals surface area (Å²) in [7, 11) is 2.91. The van der Waals surface area contributed by atoms with E-state index in [1.54, 1.807) is 30.3 Å². The molecule has 0 aliphatic carbocycles. The van der Waals surface area contributed by atoms with Crippen LogP contribution in [0.1, 0.15) is 26.3 Å². The van der Waals surface area contributed by atoms with E-state index in [-0.39, 0.29) is 16.9 Å². The van der Waals surface area contributed by atoms with E-state index in [9.17, 15) is 14.0 Å². The van der Waals surface area contributed by atoms with Crippen molar-refractivity contribution >= 4 is 29.4 Å². The van der Waals surface area contributed by atoms with Crippen LogP contribution >= 0.6 is 11.6 Å². The van der Waals surface area contributed by atoms with Crippen molar-refractivity contribution in [2.24, 2.45) is 0 Å². The van der Waals surface area contributed by atoms with Gasteiger partial charge in [0, 0.05) is 5.02 Å². The molecule has 0 spiro atoms. The second-order valence-electron chi connectivity index (χ2n) is 6.32. The summed E-state index contributed by atoms with van der Waals surface area (Å²) in [5, 5.41) is 0.464. The number of ether oxygens (including phenoxy) is 3. The smallest absolute Gasteiger partial charge is 0.343 e. The Labute approximate surface area is 183 Å². The number of carbonyl (C=O) groups excluding carboxylic acids is 2. The minimum Gasteiger partial charge on any atom is -0.493 e. The molecular weight excluding hydrogens is 423 g/mol. The third-order valence-electron chi connectivity index (χ3n) is 4.35. The molecule has 0 atom stereocenters. The zero-order chi connectivity index (χ0) is 22.4. The minimum atomic E-state index is -0.739. The van der Waals surface area contributed by atoms with Gasteiger partial charge in [0.2, 0.25) is 0 Å². The first kappa shape index (κ1) is 22.1. The fourth-order valence-corrected chi connectivity index (χ4v) is 2.97. The third kappa shape index (κ3) is 5.29. The summed E-state index contributed by atoms with van der Waals surface area (Å²) in [6, 6.07) is 14.8. The van der Waals surface area contributed by atoms with Crippen LogP contribution in [0, 0.1) is 5.82 Å². The van der Waals surface area contributed by atoms with Crippen molar-refractivity contribution in [1.82, 2.24) is 0 Å². The van der Waals surface area contributed by atoms with Gasteiger partial charge in [0.25, 0.3) is 0 Å². The predicted molar refractivity (Wildman–Crippen MR) is 116 cm³/mol. The van der Waals surface area contributed by atoms with Crippen LogP contribution in [0.15, 0.2) is 66.7 Å². The fraction of sp³-hybridized carbons (Fsp3) is 0.0833. The van der Waals surface area contributed by atoms with Gasteiger partial charge >= 0.3 is 5.97 Å². The Bertz CT molecular complexity index is 1160. The Balaban J connectivity index is 1.87. The highest BCUT2D eigenvalue weighted by Gasteiger charge is 2.18. The van der Waals surface area contributed by atoms with Gasteiger partial charge in [0.1, 0.15) is 11.6 Å². The first-order valence-corrected chi connectivity index (χ1v) is 9.51. The van der Waals surface area contributed by atoms with Crippen molar-refractivity contribution in [3.8, 4) is 17.2 Å². The molecule has 31 heavy (non-hydrogen) atoms. The van der Waals surface area contributed by atoms with Crippen molar-refractivity contribution in [2.75, 3.05) is 14.2 Å². The Kier molecular flexibility index (Phi) is 7.05. The van der Waals surface area contributed by atoms with Crippen LogP contribution in [0.4, 0.5) is 4.39 Å². The topological polar surface area (TPSA) is 61.8 Å². The van der Waals surface area contributed by atoms with E-state index in [2.05, 4.69) is 0 Å². The molecule has 0 bridgehead atoms. The lowest BCUT2D eigenvalue weighted by atomic mass is 10.1. The van der Waals surface area contributed by atoms with E-state index >= 15 is 0 Å². The molecule has 0 aliphatic rings. The van der Waals surface area contributed by atoms with Crippen LogP contribution in [0.3, 0.4) is 0 Å². The molecule has 3 aromatic carbocycles. The van der Waals surface area contributed by atoms with Crippen molar-refractivity contribution in [3.63, 3.8) is 0 Å². The molecule has 3 aromatic rings. The maximum absolute atomic E-state index is 13.8. The molecule has 0 N–H and O–H groups in total. The second kappa shape index (κ2) is 9.91. The van der Waals surface area contributed by atoms with Gasteiger partial charge in [-0.2, -0.15) is 0 Å². The van der Waals surface area contributed by atoms with E-state index in [1.165, 1.54) is 44.6 Å². The highest BCUT2D eigenvalue weighted by Crippen LogP contribution is 2.29. The molecule has 0 saturated heterocycles. The Morgan fingerprint density at radius 3 is 2.32 bits per heavy atom. The Morgan fingerprint density at radius 1 is 0.903 bits per heavy atom. The predicted octanol–water partition coefficient (Wildman–Crippen LogP) is 5.61. The Morgan fingerprint density at radius 2 is 1.61 bits per heavy atom. The molecule has 7 heteroatoms. The molecule has 0 heterocycles. The first-order valence-electron chi connectivity index (χ1n) is 9.13. The molecule has 0 radical (unpaired) electrons. The summed E-state index contributed by atoms with van der Waals surface area (Å²) >= 11 is 6.08. The molecule has 0 saturated carbocycles. The maximum Gasteiger partial charge on any atom is 0.343 e. The molecular formula is C24H18ClFO5. The highest BCUT2D eigenvalue weighted by molar-refractivity contribution is 6.32. The van der Waals surface area contributed by atoms with Crippen LogP contribution in [-0.2, 0) is 0 Å². The summed E-state index contributed by atoms with van der Waals surface area (Å²) in [4.78, 5) is 25.3. The molecule has 158 valence electrons. The summed E-state index contributed by atoms with van der Waals surface area (Å²) < 4.78 is 29.5. The number of halogens is 2. The van der Waals surface area contributed by atoms with Crippen molar-refractivity contribution in [2.45, 2.75) is 0 Å². The van der Waals surface area contributed by atoms with Gasteiger partial charge in [-0.1, -0.05) is 29.8 Å². The van der Waals surface area contributed by atoms with Gasteiger partial charge in [-0.3, -0.25) is 4.79 Å². The number of rotatable bonds is 7. The molecule has 3 rings (SSSR count). The average molecular weight is 441 g/mol. The average Bonchev–Trinajstić information content (AvgIpc) is 2.78. The minimum absolute atomic E-state index is 0.0741. The van der Waals surface area contributed by atoms with Crippen LogP contribution < -0.4 is 14.2 Å². The standard InChI is InChI=1S/C24H18ClFO5/c1-29-22-11-8-16(13-23(22)30-2)24(28)31-21-12-9-17(26)14-18(21)20(27)10-7-15-5-3-4-6-19(15)25/h3-14H,1-2H3/b10-7+. The molecule has 0 fully saturated rings. The number of benzene rings is 3. The lowest BCUT2D eigenvalue weighted by Gasteiger charge is -2.11. The van der Waals surface area contributed by atoms with Crippen molar-refractivity contribution in [1.29, 1.82) is 0 Å². The van der Waals surface area contributed by atoms with Gasteiger partial charge < -0.3 is 14.2 Å². The van der Waals surface area contributed by atoms with E-state index in [4.69, 9.17) is 25.8 Å². The van der Waals surface area contributed by atoms with Gasteiger partial charge in [-0.05, 0) is 60.2 Å². The number of hydrogen-bond donors (Lipinski definition) is 0. The number of allylic oxidation sites excluding steroid dienone is 1. The molecule has 0 aliphatic heterocycles. The normalized spacial score (nSPS) is 10.7. The SMILES string of the molecule is COc1ccc(C(=O)Oc2ccc(F)cc2C(=O)/C=C/c2ccccc2Cl)cc1OC. The van der Waals surface area contributed by atoms with Gasteiger partial charge in [-0.25, -0.2) is 9.18 Å². The highest BCUT2D eigenvalue weighted by atomic mass is 35.5. The fourth-order valence-electron chi connectivity index (χ4n) is 2.77. The first-order chi connectivity index (χ1) is 14.9. The van der Waals surface area contributed by atoms with Gasteiger partial charge in [0.15, 0.2) is 17.3 Å². The summed E-state index contributed by atoms with van der Waals surface area (Å²) in [5.41, 5.74) is 0.696. The van der Waals surface area contributed by atoms with Gasteiger partial charge in [-0.15, -0.1) is 0 Å². The van der Waals surface area contributed by atoms with Crippen LogP contribution in [0.25, 0.3) is 6.08 Å². The van der Waals surface area contributed by atoms with E-state index < -0.39 is 17.6 Å². The zero-order valence-electron chi connectivity index (χ0n) is 16.7. The third-order valence-corrected chi connectivity index (χ3v) is 4.69. The summed E-state index contributed by atoms with van der Waals surface area (Å²) in [6.45, 7) is 0.